The van der Waals surface area contributed by atoms with Crippen molar-refractivity contribution in [1.82, 2.24) is 14.4 Å². The quantitative estimate of drug-likeness (QED) is 0.946. The van der Waals surface area contributed by atoms with Crippen molar-refractivity contribution in [2.24, 2.45) is 5.41 Å². The largest absolute Gasteiger partial charge is 0.366 e. The minimum absolute atomic E-state index is 0.438. The molecule has 2 aromatic heterocycles. The number of hydrogen-bond acceptors (Lipinski definition) is 3. The summed E-state index contributed by atoms with van der Waals surface area (Å²) >= 11 is 3.42. The second-order valence-electron chi connectivity index (χ2n) is 5.09. The van der Waals surface area contributed by atoms with Crippen molar-refractivity contribution in [3.8, 4) is 0 Å². The fraction of sp³-hybridized carbons (Fsp3) is 0.500. The van der Waals surface area contributed by atoms with E-state index in [1.54, 1.807) is 6.20 Å². The van der Waals surface area contributed by atoms with E-state index in [0.717, 1.165) is 22.6 Å². The number of imidazole rings is 1. The van der Waals surface area contributed by atoms with E-state index in [1.165, 1.54) is 19.3 Å². The zero-order valence-electron chi connectivity index (χ0n) is 9.78. The molecule has 4 nitrogen and oxygen atoms in total. The van der Waals surface area contributed by atoms with E-state index in [0.29, 0.717) is 5.41 Å². The van der Waals surface area contributed by atoms with Crippen molar-refractivity contribution >= 4 is 27.4 Å². The minimum atomic E-state index is 0.438. The summed E-state index contributed by atoms with van der Waals surface area (Å²) in [7, 11) is 0. The second kappa shape index (κ2) is 3.98. The van der Waals surface area contributed by atoms with Gasteiger partial charge in [0.05, 0.1) is 0 Å². The molecule has 0 radical (unpaired) electrons. The summed E-state index contributed by atoms with van der Waals surface area (Å²) in [6.45, 7) is 3.29. The summed E-state index contributed by atoms with van der Waals surface area (Å²) in [5, 5.41) is 3.43. The Labute approximate surface area is 109 Å². The lowest BCUT2D eigenvalue weighted by atomic mass is 9.70. The Morgan fingerprint density at radius 3 is 3.06 bits per heavy atom. The normalized spacial score (nSPS) is 18.0. The van der Waals surface area contributed by atoms with Crippen molar-refractivity contribution in [3.05, 3.63) is 23.2 Å². The molecule has 0 bridgehead atoms. The van der Waals surface area contributed by atoms with Crippen LogP contribution in [0.1, 0.15) is 26.2 Å². The third-order valence-corrected chi connectivity index (χ3v) is 3.97. The Morgan fingerprint density at radius 1 is 1.53 bits per heavy atom. The third kappa shape index (κ3) is 2.04. The molecule has 0 atom stereocenters. The SMILES string of the molecule is CC1(CNc2nc(Br)cn3ccnc23)CCC1. The van der Waals surface area contributed by atoms with Gasteiger partial charge in [0.25, 0.3) is 0 Å². The average Bonchev–Trinajstić information content (AvgIpc) is 2.71. The van der Waals surface area contributed by atoms with E-state index in [9.17, 15) is 0 Å². The molecule has 3 rings (SSSR count). The van der Waals surface area contributed by atoms with Crippen LogP contribution in [0.15, 0.2) is 23.2 Å². The Kier molecular flexibility index (Phi) is 2.58. The molecule has 0 aromatic carbocycles. The highest BCUT2D eigenvalue weighted by atomic mass is 79.9. The van der Waals surface area contributed by atoms with E-state index < -0.39 is 0 Å². The van der Waals surface area contributed by atoms with Gasteiger partial charge in [-0.3, -0.25) is 0 Å². The average molecular weight is 295 g/mol. The molecular formula is C12H15BrN4. The number of nitrogens with one attached hydrogen (secondary N) is 1. The van der Waals surface area contributed by atoms with Crippen LogP contribution in [0.2, 0.25) is 0 Å². The first-order valence-corrected chi connectivity index (χ1v) is 6.69. The summed E-state index contributed by atoms with van der Waals surface area (Å²) in [6.07, 6.45) is 9.59. The van der Waals surface area contributed by atoms with Crippen molar-refractivity contribution in [1.29, 1.82) is 0 Å². The Bertz CT molecular complexity index is 544. The summed E-state index contributed by atoms with van der Waals surface area (Å²) in [5.41, 5.74) is 1.32. The van der Waals surface area contributed by atoms with Gasteiger partial charge in [-0.05, 0) is 34.2 Å². The van der Waals surface area contributed by atoms with Crippen LogP contribution in [0.5, 0.6) is 0 Å². The molecule has 2 heterocycles. The van der Waals surface area contributed by atoms with Gasteiger partial charge in [0.1, 0.15) is 4.60 Å². The Hall–Kier alpha value is -1.10. The number of nitrogens with zero attached hydrogens (tertiary/aromatic N) is 3. The molecule has 17 heavy (non-hydrogen) atoms. The van der Waals surface area contributed by atoms with Gasteiger partial charge >= 0.3 is 0 Å². The number of anilines is 1. The van der Waals surface area contributed by atoms with Crippen LogP contribution >= 0.6 is 15.9 Å². The molecule has 0 amide bonds. The second-order valence-corrected chi connectivity index (χ2v) is 5.90. The number of rotatable bonds is 3. The Morgan fingerprint density at radius 2 is 2.35 bits per heavy atom. The molecule has 90 valence electrons. The number of halogens is 1. The summed E-state index contributed by atoms with van der Waals surface area (Å²) in [6, 6.07) is 0. The molecule has 0 saturated heterocycles. The van der Waals surface area contributed by atoms with E-state index >= 15 is 0 Å². The maximum absolute atomic E-state index is 4.46. The highest BCUT2D eigenvalue weighted by molar-refractivity contribution is 9.10. The molecule has 1 aliphatic carbocycles. The first-order valence-electron chi connectivity index (χ1n) is 5.89. The lowest BCUT2D eigenvalue weighted by Gasteiger charge is -2.38. The first-order chi connectivity index (χ1) is 8.16. The van der Waals surface area contributed by atoms with Crippen LogP contribution < -0.4 is 5.32 Å². The maximum atomic E-state index is 4.46. The van der Waals surface area contributed by atoms with Gasteiger partial charge in [-0.25, -0.2) is 9.97 Å². The predicted molar refractivity (Wildman–Crippen MR) is 71.1 cm³/mol. The highest BCUT2D eigenvalue weighted by Gasteiger charge is 2.31. The van der Waals surface area contributed by atoms with Gasteiger partial charge in [0.15, 0.2) is 11.5 Å². The van der Waals surface area contributed by atoms with E-state index in [2.05, 4.69) is 38.1 Å². The predicted octanol–water partition coefficient (Wildman–Crippen LogP) is 3.09. The molecule has 1 aliphatic rings. The number of aromatic nitrogens is 3. The fourth-order valence-electron chi connectivity index (χ4n) is 2.27. The van der Waals surface area contributed by atoms with Crippen LogP contribution in [-0.2, 0) is 0 Å². The fourth-order valence-corrected chi connectivity index (χ4v) is 2.67. The van der Waals surface area contributed by atoms with Gasteiger partial charge in [0, 0.05) is 25.1 Å². The first kappa shape index (κ1) is 11.0. The van der Waals surface area contributed by atoms with Crippen molar-refractivity contribution < 1.29 is 0 Å². The van der Waals surface area contributed by atoms with E-state index in [-0.39, 0.29) is 0 Å². The lowest BCUT2D eigenvalue weighted by Crippen LogP contribution is -2.33. The van der Waals surface area contributed by atoms with Crippen LogP contribution in [0.3, 0.4) is 0 Å². The van der Waals surface area contributed by atoms with Crippen LogP contribution in [0, 0.1) is 5.41 Å². The van der Waals surface area contributed by atoms with Crippen molar-refractivity contribution in [2.45, 2.75) is 26.2 Å². The molecule has 0 aliphatic heterocycles. The molecule has 1 saturated carbocycles. The van der Waals surface area contributed by atoms with Crippen molar-refractivity contribution in [2.75, 3.05) is 11.9 Å². The standard InChI is InChI=1S/C12H15BrN4/c1-12(3-2-4-12)8-15-10-11-14-5-6-17(11)7-9(13)16-10/h5-7H,2-4,8H2,1H3,(H,15,16). The van der Waals surface area contributed by atoms with Gasteiger partial charge in [-0.15, -0.1) is 0 Å². The lowest BCUT2D eigenvalue weighted by molar-refractivity contribution is 0.180. The van der Waals surface area contributed by atoms with Crippen LogP contribution in [0.4, 0.5) is 5.82 Å². The highest BCUT2D eigenvalue weighted by Crippen LogP contribution is 2.40. The molecule has 2 aromatic rings. The van der Waals surface area contributed by atoms with Gasteiger partial charge in [-0.1, -0.05) is 13.3 Å². The molecule has 0 spiro atoms. The van der Waals surface area contributed by atoms with Gasteiger partial charge in [-0.2, -0.15) is 0 Å². The molecular weight excluding hydrogens is 280 g/mol. The monoisotopic (exact) mass is 294 g/mol. The zero-order chi connectivity index (χ0) is 11.9. The minimum Gasteiger partial charge on any atom is -0.366 e. The summed E-state index contributed by atoms with van der Waals surface area (Å²) < 4.78 is 2.80. The number of hydrogen-bond donors (Lipinski definition) is 1. The Balaban J connectivity index is 1.86. The van der Waals surface area contributed by atoms with Crippen LogP contribution in [0.25, 0.3) is 5.65 Å². The van der Waals surface area contributed by atoms with Gasteiger partial charge < -0.3 is 9.72 Å². The summed E-state index contributed by atoms with van der Waals surface area (Å²) in [4.78, 5) is 8.78. The zero-order valence-corrected chi connectivity index (χ0v) is 11.4. The van der Waals surface area contributed by atoms with E-state index in [1.807, 2.05) is 16.8 Å². The topological polar surface area (TPSA) is 42.2 Å². The number of fused-ring (bicyclic) bond motifs is 1. The summed E-state index contributed by atoms with van der Waals surface area (Å²) in [5.74, 6) is 0.859. The smallest absolute Gasteiger partial charge is 0.180 e. The van der Waals surface area contributed by atoms with Gasteiger partial charge in [0.2, 0.25) is 0 Å². The molecule has 0 unspecified atom stereocenters. The van der Waals surface area contributed by atoms with E-state index in [4.69, 9.17) is 0 Å². The molecule has 5 heteroatoms. The van der Waals surface area contributed by atoms with Crippen LogP contribution in [-0.4, -0.2) is 20.9 Å². The maximum Gasteiger partial charge on any atom is 0.180 e. The molecule has 1 fully saturated rings. The van der Waals surface area contributed by atoms with Crippen molar-refractivity contribution in [3.63, 3.8) is 0 Å². The molecule has 1 N–H and O–H groups in total. The third-order valence-electron chi connectivity index (χ3n) is 3.59.